The number of amides is 1. The third kappa shape index (κ3) is 1.49. The van der Waals surface area contributed by atoms with Crippen molar-refractivity contribution in [3.63, 3.8) is 0 Å². The molecule has 1 unspecified atom stereocenters. The van der Waals surface area contributed by atoms with Crippen LogP contribution >= 0.6 is 0 Å². The summed E-state index contributed by atoms with van der Waals surface area (Å²) in [5.41, 5.74) is 0.477. The predicted octanol–water partition coefficient (Wildman–Crippen LogP) is 2.73. The van der Waals surface area contributed by atoms with Crippen molar-refractivity contribution in [3.8, 4) is 0 Å². The van der Waals surface area contributed by atoms with Crippen molar-refractivity contribution in [3.05, 3.63) is 0 Å². The quantitative estimate of drug-likeness (QED) is 0.727. The lowest BCUT2D eigenvalue weighted by molar-refractivity contribution is -0.115. The minimum absolute atomic E-state index is 0.443. The van der Waals surface area contributed by atoms with Crippen molar-refractivity contribution in [1.29, 1.82) is 0 Å². The van der Waals surface area contributed by atoms with Gasteiger partial charge in [-0.3, -0.25) is 4.79 Å². The average molecular weight is 221 g/mol. The van der Waals surface area contributed by atoms with Gasteiger partial charge in [-0.2, -0.15) is 0 Å². The number of nitrogens with one attached hydrogen (secondary N) is 1. The molecule has 90 valence electrons. The zero-order valence-electron chi connectivity index (χ0n) is 10.2. The van der Waals surface area contributed by atoms with E-state index in [1.54, 1.807) is 0 Å². The Morgan fingerprint density at radius 2 is 1.69 bits per heavy atom. The van der Waals surface area contributed by atoms with Crippen LogP contribution < -0.4 is 5.32 Å². The summed E-state index contributed by atoms with van der Waals surface area (Å²) in [6, 6.07) is 0.443. The summed E-state index contributed by atoms with van der Waals surface area (Å²) in [7, 11) is 0. The summed E-state index contributed by atoms with van der Waals surface area (Å²) in [5, 5.41) is 3.11. The van der Waals surface area contributed by atoms with E-state index in [9.17, 15) is 4.79 Å². The molecule has 0 radical (unpaired) electrons. The van der Waals surface area contributed by atoms with Gasteiger partial charge in [0.2, 0.25) is 6.41 Å². The van der Waals surface area contributed by atoms with Crippen molar-refractivity contribution in [2.45, 2.75) is 57.9 Å². The summed E-state index contributed by atoms with van der Waals surface area (Å²) >= 11 is 0. The van der Waals surface area contributed by atoms with E-state index in [2.05, 4.69) is 12.2 Å². The first-order chi connectivity index (χ1) is 7.75. The fourth-order valence-electron chi connectivity index (χ4n) is 5.41. The number of rotatable bonds is 4. The lowest BCUT2D eigenvalue weighted by Gasteiger charge is -2.59. The van der Waals surface area contributed by atoms with Gasteiger partial charge in [0.1, 0.15) is 0 Å². The predicted molar refractivity (Wildman–Crippen MR) is 63.9 cm³/mol. The molecule has 4 bridgehead atoms. The van der Waals surface area contributed by atoms with Crippen LogP contribution in [0.3, 0.4) is 0 Å². The second kappa shape index (κ2) is 3.75. The maximum Gasteiger partial charge on any atom is 0.207 e. The Hall–Kier alpha value is -0.530. The van der Waals surface area contributed by atoms with Gasteiger partial charge in [0.15, 0.2) is 0 Å². The Morgan fingerprint density at radius 1 is 1.19 bits per heavy atom. The van der Waals surface area contributed by atoms with Gasteiger partial charge < -0.3 is 5.32 Å². The van der Waals surface area contributed by atoms with Crippen molar-refractivity contribution in [2.24, 2.45) is 23.2 Å². The average Bonchev–Trinajstić information content (AvgIpc) is 2.23. The van der Waals surface area contributed by atoms with Gasteiger partial charge >= 0.3 is 0 Å². The van der Waals surface area contributed by atoms with Gasteiger partial charge in [-0.05, 0) is 68.1 Å². The van der Waals surface area contributed by atoms with Crippen molar-refractivity contribution in [2.75, 3.05) is 0 Å². The van der Waals surface area contributed by atoms with Crippen LogP contribution in [0, 0.1) is 23.2 Å². The molecule has 0 aliphatic heterocycles. The fourth-order valence-corrected chi connectivity index (χ4v) is 5.41. The molecule has 4 rings (SSSR count). The Kier molecular flexibility index (Phi) is 2.49. The van der Waals surface area contributed by atoms with E-state index in [-0.39, 0.29) is 0 Å². The molecule has 0 heterocycles. The highest BCUT2D eigenvalue weighted by Crippen LogP contribution is 2.61. The standard InChI is InChI=1S/C14H23NO/c1-2-13(15-9-16)14-6-10-3-11(7-14)5-12(4-10)8-14/h9-13H,2-8H2,1H3,(H,15,16). The van der Waals surface area contributed by atoms with Crippen LogP contribution in [-0.2, 0) is 4.79 Å². The van der Waals surface area contributed by atoms with Crippen LogP contribution in [0.25, 0.3) is 0 Å². The Bertz CT molecular complexity index is 251. The van der Waals surface area contributed by atoms with E-state index in [0.717, 1.165) is 30.6 Å². The monoisotopic (exact) mass is 221 g/mol. The SMILES string of the molecule is CCC(NC=O)C12CC3CC(CC(C3)C1)C2. The molecule has 4 aliphatic carbocycles. The van der Waals surface area contributed by atoms with E-state index in [1.165, 1.54) is 38.5 Å². The van der Waals surface area contributed by atoms with E-state index in [0.29, 0.717) is 11.5 Å². The number of carbonyl (C=O) groups is 1. The summed E-state index contributed by atoms with van der Waals surface area (Å²) in [6.45, 7) is 2.22. The molecule has 4 saturated carbocycles. The van der Waals surface area contributed by atoms with Crippen molar-refractivity contribution < 1.29 is 4.79 Å². The molecule has 1 atom stereocenters. The summed E-state index contributed by atoms with van der Waals surface area (Å²) in [5.74, 6) is 2.94. The molecule has 1 N–H and O–H groups in total. The van der Waals surface area contributed by atoms with Crippen LogP contribution in [-0.4, -0.2) is 12.5 Å². The minimum atomic E-state index is 0.443. The molecule has 0 aromatic carbocycles. The van der Waals surface area contributed by atoms with Gasteiger partial charge in [-0.1, -0.05) is 6.92 Å². The molecule has 16 heavy (non-hydrogen) atoms. The summed E-state index contributed by atoms with van der Waals surface area (Å²) in [6.07, 6.45) is 10.6. The van der Waals surface area contributed by atoms with Crippen molar-refractivity contribution in [1.82, 2.24) is 5.32 Å². The molecule has 4 fully saturated rings. The lowest BCUT2D eigenvalue weighted by atomic mass is 9.47. The van der Waals surface area contributed by atoms with E-state index >= 15 is 0 Å². The number of carbonyl (C=O) groups excluding carboxylic acids is 1. The van der Waals surface area contributed by atoms with Gasteiger partial charge in [0.25, 0.3) is 0 Å². The Morgan fingerprint density at radius 3 is 2.06 bits per heavy atom. The van der Waals surface area contributed by atoms with E-state index in [4.69, 9.17) is 0 Å². The van der Waals surface area contributed by atoms with E-state index in [1.807, 2.05) is 0 Å². The lowest BCUT2D eigenvalue weighted by Crippen LogP contribution is -2.55. The maximum absolute atomic E-state index is 10.8. The molecule has 0 aromatic heterocycles. The Balaban J connectivity index is 1.84. The van der Waals surface area contributed by atoms with Gasteiger partial charge in [-0.25, -0.2) is 0 Å². The molecule has 4 aliphatic rings. The highest BCUT2D eigenvalue weighted by molar-refractivity contribution is 5.47. The van der Waals surface area contributed by atoms with Crippen LogP contribution in [0.15, 0.2) is 0 Å². The van der Waals surface area contributed by atoms with Crippen molar-refractivity contribution >= 4 is 6.41 Å². The largest absolute Gasteiger partial charge is 0.355 e. The Labute approximate surface area is 98.2 Å². The molecule has 1 amide bonds. The highest BCUT2D eigenvalue weighted by atomic mass is 16.1. The summed E-state index contributed by atoms with van der Waals surface area (Å²) in [4.78, 5) is 10.8. The van der Waals surface area contributed by atoms with Crippen LogP contribution in [0.4, 0.5) is 0 Å². The third-order valence-electron chi connectivity index (χ3n) is 5.50. The first-order valence-electron chi connectivity index (χ1n) is 6.95. The smallest absolute Gasteiger partial charge is 0.207 e. The molecular weight excluding hydrogens is 198 g/mol. The third-order valence-corrected chi connectivity index (χ3v) is 5.50. The van der Waals surface area contributed by atoms with E-state index < -0.39 is 0 Å². The molecule has 0 saturated heterocycles. The second-order valence-electron chi connectivity index (χ2n) is 6.53. The molecule has 2 nitrogen and oxygen atoms in total. The first kappa shape index (κ1) is 10.6. The van der Waals surface area contributed by atoms with Gasteiger partial charge in [0.05, 0.1) is 0 Å². The molecule has 0 spiro atoms. The summed E-state index contributed by atoms with van der Waals surface area (Å²) < 4.78 is 0. The van der Waals surface area contributed by atoms with Crippen LogP contribution in [0.5, 0.6) is 0 Å². The minimum Gasteiger partial charge on any atom is -0.355 e. The number of hydrogen-bond acceptors (Lipinski definition) is 1. The molecule has 0 aromatic rings. The van der Waals surface area contributed by atoms with Gasteiger partial charge in [-0.15, -0.1) is 0 Å². The zero-order chi connectivity index (χ0) is 11.2. The first-order valence-corrected chi connectivity index (χ1v) is 6.95. The van der Waals surface area contributed by atoms with Crippen LogP contribution in [0.1, 0.15) is 51.9 Å². The molecule has 2 heteroatoms. The number of hydrogen-bond donors (Lipinski definition) is 1. The maximum atomic E-state index is 10.8. The highest BCUT2D eigenvalue weighted by Gasteiger charge is 2.53. The second-order valence-corrected chi connectivity index (χ2v) is 6.53. The normalized spacial score (nSPS) is 46.7. The topological polar surface area (TPSA) is 29.1 Å². The molecular formula is C14H23NO. The zero-order valence-corrected chi connectivity index (χ0v) is 10.2. The van der Waals surface area contributed by atoms with Gasteiger partial charge in [0, 0.05) is 6.04 Å². The fraction of sp³-hybridized carbons (Fsp3) is 0.929. The van der Waals surface area contributed by atoms with Crippen LogP contribution in [0.2, 0.25) is 0 Å².